The van der Waals surface area contributed by atoms with Crippen molar-refractivity contribution in [2.24, 2.45) is 14.1 Å². The number of amides is 2. The minimum Gasteiger partial charge on any atom is -0.381 e. The standard InChI is InChI=1S/C33H32N8O4/c1-7-41-29(25-12-11-22(17-34-25)27-20(4)45-40(6)33(27)44)19(3)24-15-18(2)35-28(30(24)41)32(43)36-23-10-8-9-21(16-23)31(42)37-26-13-14-39(5)38-26/h8-17H,7H2,1-6H3,(H,36,43)(H,37,38,42). The minimum absolute atomic E-state index is 0.225. The summed E-state index contributed by atoms with van der Waals surface area (Å²) in [6.07, 6.45) is 3.40. The Balaban J connectivity index is 1.35. The molecule has 0 aliphatic rings. The van der Waals surface area contributed by atoms with Crippen LogP contribution in [-0.2, 0) is 20.6 Å². The third-order valence-electron chi connectivity index (χ3n) is 7.71. The van der Waals surface area contributed by atoms with Gasteiger partial charge in [-0.2, -0.15) is 9.84 Å². The Kier molecular flexibility index (Phi) is 7.41. The number of nitrogens with zero attached hydrogens (tertiary/aromatic N) is 6. The second kappa shape index (κ2) is 11.4. The van der Waals surface area contributed by atoms with Gasteiger partial charge in [0.05, 0.1) is 22.5 Å². The maximum Gasteiger partial charge on any atom is 0.290 e. The number of carbonyl (C=O) groups is 2. The summed E-state index contributed by atoms with van der Waals surface area (Å²) in [5.74, 6) is 0.203. The summed E-state index contributed by atoms with van der Waals surface area (Å²) in [4.78, 5) is 48.6. The van der Waals surface area contributed by atoms with Crippen molar-refractivity contribution in [2.45, 2.75) is 34.2 Å². The molecule has 0 aliphatic heterocycles. The molecule has 0 fully saturated rings. The predicted molar refractivity (Wildman–Crippen MR) is 171 cm³/mol. The molecular formula is C33H32N8O4. The van der Waals surface area contributed by atoms with Crippen molar-refractivity contribution >= 4 is 34.2 Å². The van der Waals surface area contributed by atoms with Crippen molar-refractivity contribution < 1.29 is 14.1 Å². The molecule has 0 spiro atoms. The zero-order valence-electron chi connectivity index (χ0n) is 25.8. The highest BCUT2D eigenvalue weighted by Crippen LogP contribution is 2.35. The first-order valence-corrected chi connectivity index (χ1v) is 14.4. The van der Waals surface area contributed by atoms with Gasteiger partial charge in [0.15, 0.2) is 11.5 Å². The van der Waals surface area contributed by atoms with Crippen LogP contribution in [0.3, 0.4) is 0 Å². The van der Waals surface area contributed by atoms with Crippen LogP contribution in [0, 0.1) is 20.8 Å². The number of nitrogens with one attached hydrogen (secondary N) is 2. The number of fused-ring (bicyclic) bond motifs is 1. The van der Waals surface area contributed by atoms with Gasteiger partial charge in [-0.3, -0.25) is 24.0 Å². The molecule has 0 saturated heterocycles. The lowest BCUT2D eigenvalue weighted by molar-refractivity contribution is 0.101. The number of benzene rings is 1. The Bertz CT molecular complexity index is 2170. The van der Waals surface area contributed by atoms with Gasteiger partial charge in [0, 0.05) is 67.0 Å². The normalized spacial score (nSPS) is 11.2. The molecule has 6 aromatic rings. The summed E-state index contributed by atoms with van der Waals surface area (Å²) in [5, 5.41) is 10.8. The molecule has 12 nitrogen and oxygen atoms in total. The smallest absolute Gasteiger partial charge is 0.290 e. The topological polar surface area (TPSA) is 142 Å². The summed E-state index contributed by atoms with van der Waals surface area (Å²) in [6, 6.07) is 14.1. The molecule has 1 aromatic carbocycles. The molecular weight excluding hydrogens is 572 g/mol. The summed E-state index contributed by atoms with van der Waals surface area (Å²) in [7, 11) is 3.34. The van der Waals surface area contributed by atoms with Gasteiger partial charge >= 0.3 is 0 Å². The fourth-order valence-electron chi connectivity index (χ4n) is 5.68. The first kappa shape index (κ1) is 29.3. The zero-order chi connectivity index (χ0) is 32.0. The fourth-order valence-corrected chi connectivity index (χ4v) is 5.68. The maximum atomic E-state index is 13.8. The lowest BCUT2D eigenvalue weighted by Crippen LogP contribution is -2.17. The molecule has 5 heterocycles. The van der Waals surface area contributed by atoms with E-state index in [1.54, 1.807) is 68.4 Å². The van der Waals surface area contributed by atoms with Crippen LogP contribution in [-0.4, -0.2) is 40.9 Å². The van der Waals surface area contributed by atoms with Crippen molar-refractivity contribution in [3.8, 4) is 22.5 Å². The summed E-state index contributed by atoms with van der Waals surface area (Å²) >= 11 is 0. The Labute approximate surface area is 258 Å². The largest absolute Gasteiger partial charge is 0.381 e. The fraction of sp³-hybridized carbons (Fsp3) is 0.212. The number of hydrogen-bond acceptors (Lipinski definition) is 7. The molecule has 6 rings (SSSR count). The van der Waals surface area contributed by atoms with Gasteiger partial charge in [-0.15, -0.1) is 0 Å². The lowest BCUT2D eigenvalue weighted by Gasteiger charge is -2.12. The van der Waals surface area contributed by atoms with Crippen molar-refractivity contribution in [1.29, 1.82) is 0 Å². The van der Waals surface area contributed by atoms with Crippen molar-refractivity contribution in [3.63, 3.8) is 0 Å². The number of hydrogen-bond donors (Lipinski definition) is 2. The Morgan fingerprint density at radius 1 is 0.978 bits per heavy atom. The van der Waals surface area contributed by atoms with Gasteiger partial charge in [0.25, 0.3) is 17.4 Å². The quantitative estimate of drug-likeness (QED) is 0.254. The average molecular weight is 605 g/mol. The monoisotopic (exact) mass is 604 g/mol. The van der Waals surface area contributed by atoms with Gasteiger partial charge in [0.2, 0.25) is 0 Å². The van der Waals surface area contributed by atoms with Crippen molar-refractivity contribution in [2.75, 3.05) is 10.6 Å². The van der Waals surface area contributed by atoms with E-state index in [1.807, 2.05) is 43.5 Å². The number of aryl methyl sites for hydroxylation is 6. The van der Waals surface area contributed by atoms with Crippen LogP contribution >= 0.6 is 0 Å². The molecule has 45 heavy (non-hydrogen) atoms. The van der Waals surface area contributed by atoms with Crippen LogP contribution in [0.2, 0.25) is 0 Å². The summed E-state index contributed by atoms with van der Waals surface area (Å²) in [5.41, 5.74) is 5.87. The first-order chi connectivity index (χ1) is 21.5. The van der Waals surface area contributed by atoms with E-state index in [0.717, 1.165) is 16.6 Å². The van der Waals surface area contributed by atoms with E-state index in [0.29, 0.717) is 57.4 Å². The van der Waals surface area contributed by atoms with Crippen LogP contribution in [0.1, 0.15) is 44.8 Å². The zero-order valence-corrected chi connectivity index (χ0v) is 25.8. The van der Waals surface area contributed by atoms with Crippen LogP contribution in [0.15, 0.2) is 70.2 Å². The number of carbonyl (C=O) groups excluding carboxylic acids is 2. The Hall–Kier alpha value is -5.78. The predicted octanol–water partition coefficient (Wildman–Crippen LogP) is 5.24. The van der Waals surface area contributed by atoms with Crippen molar-refractivity contribution in [1.82, 2.24) is 29.1 Å². The molecule has 0 bridgehead atoms. The van der Waals surface area contributed by atoms with E-state index in [4.69, 9.17) is 9.51 Å². The Morgan fingerprint density at radius 3 is 2.42 bits per heavy atom. The van der Waals surface area contributed by atoms with Gasteiger partial charge in [-0.1, -0.05) is 12.1 Å². The van der Waals surface area contributed by atoms with E-state index in [2.05, 4.69) is 20.7 Å². The highest BCUT2D eigenvalue weighted by molar-refractivity contribution is 6.13. The van der Waals surface area contributed by atoms with Crippen LogP contribution in [0.4, 0.5) is 11.5 Å². The molecule has 0 atom stereocenters. The minimum atomic E-state index is -0.403. The molecule has 0 radical (unpaired) electrons. The Morgan fingerprint density at radius 2 is 1.78 bits per heavy atom. The van der Waals surface area contributed by atoms with Crippen LogP contribution < -0.4 is 16.2 Å². The SMILES string of the molecule is CCn1c(-c2ccc(-c3c(C)on(C)c3=O)cn2)c(C)c2cc(C)nc(C(=O)Nc3cccc(C(=O)Nc4ccn(C)n4)c3)c21. The number of anilines is 2. The lowest BCUT2D eigenvalue weighted by atomic mass is 10.1. The first-order valence-electron chi connectivity index (χ1n) is 14.4. The molecule has 2 N–H and O–H groups in total. The number of aromatic nitrogens is 6. The third-order valence-corrected chi connectivity index (χ3v) is 7.71. The van der Waals surface area contributed by atoms with Gasteiger partial charge in [-0.25, -0.2) is 4.98 Å². The third kappa shape index (κ3) is 5.30. The van der Waals surface area contributed by atoms with Gasteiger partial charge in [0.1, 0.15) is 5.76 Å². The second-order valence-corrected chi connectivity index (χ2v) is 10.8. The van der Waals surface area contributed by atoms with E-state index >= 15 is 0 Å². The molecule has 12 heteroatoms. The van der Waals surface area contributed by atoms with E-state index < -0.39 is 5.91 Å². The van der Waals surface area contributed by atoms with Crippen LogP contribution in [0.25, 0.3) is 33.4 Å². The van der Waals surface area contributed by atoms with E-state index in [-0.39, 0.29) is 17.2 Å². The van der Waals surface area contributed by atoms with Gasteiger partial charge in [-0.05, 0) is 63.6 Å². The molecule has 0 unspecified atom stereocenters. The van der Waals surface area contributed by atoms with E-state index in [1.165, 1.54) is 4.74 Å². The summed E-state index contributed by atoms with van der Waals surface area (Å²) in [6.45, 7) is 8.15. The molecule has 2 amide bonds. The number of pyridine rings is 2. The van der Waals surface area contributed by atoms with Crippen LogP contribution in [0.5, 0.6) is 0 Å². The molecule has 0 saturated carbocycles. The highest BCUT2D eigenvalue weighted by Gasteiger charge is 2.24. The second-order valence-electron chi connectivity index (χ2n) is 10.8. The highest BCUT2D eigenvalue weighted by atomic mass is 16.5. The summed E-state index contributed by atoms with van der Waals surface area (Å²) < 4.78 is 10.3. The van der Waals surface area contributed by atoms with Gasteiger partial charge < -0.3 is 19.7 Å². The van der Waals surface area contributed by atoms with E-state index in [9.17, 15) is 14.4 Å². The van der Waals surface area contributed by atoms with Crippen molar-refractivity contribution in [3.05, 3.63) is 99.6 Å². The molecule has 5 aromatic heterocycles. The maximum absolute atomic E-state index is 13.8. The molecule has 228 valence electrons. The average Bonchev–Trinajstić information content (AvgIpc) is 3.64. The molecule has 0 aliphatic carbocycles. The number of rotatable bonds is 7.